The molecule has 0 aromatic heterocycles. The molecular formula is C15H17N3O. The zero-order valence-electron chi connectivity index (χ0n) is 11.5. The number of carbonyl (C=O) groups is 1. The lowest BCUT2D eigenvalue weighted by Gasteiger charge is -2.26. The van der Waals surface area contributed by atoms with Crippen LogP contribution in [0.25, 0.3) is 0 Å². The van der Waals surface area contributed by atoms with Crippen molar-refractivity contribution in [1.82, 2.24) is 0 Å². The highest BCUT2D eigenvalue weighted by Crippen LogP contribution is 2.23. The van der Waals surface area contributed by atoms with Crippen LogP contribution in [-0.2, 0) is 0 Å². The van der Waals surface area contributed by atoms with Crippen LogP contribution in [0.5, 0.6) is 0 Å². The summed E-state index contributed by atoms with van der Waals surface area (Å²) in [7, 11) is 0. The molecule has 0 saturated heterocycles. The van der Waals surface area contributed by atoms with Gasteiger partial charge in [-0.1, -0.05) is 0 Å². The van der Waals surface area contributed by atoms with E-state index in [2.05, 4.69) is 12.1 Å². The maximum Gasteiger partial charge on any atom is 0.161 e. The van der Waals surface area contributed by atoms with Gasteiger partial charge < -0.3 is 4.90 Å². The number of ketones is 1. The van der Waals surface area contributed by atoms with Crippen molar-refractivity contribution in [3.05, 3.63) is 29.3 Å². The molecule has 98 valence electrons. The summed E-state index contributed by atoms with van der Waals surface area (Å²) in [4.78, 5) is 13.6. The number of hydrogen-bond acceptors (Lipinski definition) is 4. The Kier molecular flexibility index (Phi) is 5.09. The summed E-state index contributed by atoms with van der Waals surface area (Å²) >= 11 is 0. The first-order chi connectivity index (χ1) is 9.03. The first-order valence-corrected chi connectivity index (χ1v) is 6.23. The fourth-order valence-corrected chi connectivity index (χ4v) is 1.93. The van der Waals surface area contributed by atoms with E-state index >= 15 is 0 Å². The summed E-state index contributed by atoms with van der Waals surface area (Å²) in [5, 5.41) is 17.9. The van der Waals surface area contributed by atoms with Gasteiger partial charge in [0, 0.05) is 24.3 Å². The summed E-state index contributed by atoms with van der Waals surface area (Å²) in [6.45, 7) is 6.53. The molecule has 19 heavy (non-hydrogen) atoms. The van der Waals surface area contributed by atoms with Crippen molar-refractivity contribution in [2.24, 2.45) is 5.92 Å². The summed E-state index contributed by atoms with van der Waals surface area (Å²) in [6, 6.07) is 9.29. The molecule has 0 aliphatic carbocycles. The van der Waals surface area contributed by atoms with Gasteiger partial charge in [-0.3, -0.25) is 4.79 Å². The number of anilines is 1. The van der Waals surface area contributed by atoms with Crippen molar-refractivity contribution in [3.63, 3.8) is 0 Å². The summed E-state index contributed by atoms with van der Waals surface area (Å²) in [5.41, 5.74) is 1.84. The van der Waals surface area contributed by atoms with Crippen LogP contribution in [0.3, 0.4) is 0 Å². The Bertz CT molecular complexity index is 551. The van der Waals surface area contributed by atoms with E-state index in [0.717, 1.165) is 5.69 Å². The van der Waals surface area contributed by atoms with Gasteiger partial charge in [0.15, 0.2) is 5.78 Å². The highest BCUT2D eigenvalue weighted by molar-refractivity contribution is 6.00. The van der Waals surface area contributed by atoms with Crippen LogP contribution in [0.4, 0.5) is 5.69 Å². The normalized spacial score (nSPS) is 11.2. The van der Waals surface area contributed by atoms with Crippen LogP contribution in [-0.4, -0.2) is 18.9 Å². The Labute approximate surface area is 113 Å². The molecule has 0 N–H and O–H groups in total. The molecule has 1 aromatic rings. The van der Waals surface area contributed by atoms with E-state index < -0.39 is 0 Å². The average Bonchev–Trinajstić information content (AvgIpc) is 2.43. The minimum absolute atomic E-state index is 0.0393. The number of carbonyl (C=O) groups excluding carboxylic acids is 1. The number of benzene rings is 1. The van der Waals surface area contributed by atoms with Gasteiger partial charge in [0.1, 0.15) is 0 Å². The molecule has 1 aromatic carbocycles. The third-order valence-electron chi connectivity index (χ3n) is 2.94. The molecule has 1 rings (SSSR count). The summed E-state index contributed by atoms with van der Waals surface area (Å²) in [6.07, 6.45) is 0. The molecule has 0 bridgehead atoms. The average molecular weight is 255 g/mol. The minimum Gasteiger partial charge on any atom is -0.370 e. The van der Waals surface area contributed by atoms with Crippen LogP contribution < -0.4 is 4.90 Å². The lowest BCUT2D eigenvalue weighted by atomic mass is 10.0. The Morgan fingerprint density at radius 1 is 1.42 bits per heavy atom. The molecule has 4 nitrogen and oxygen atoms in total. The lowest BCUT2D eigenvalue weighted by Crippen LogP contribution is -2.29. The van der Waals surface area contributed by atoms with E-state index in [0.29, 0.717) is 24.2 Å². The van der Waals surface area contributed by atoms with Crippen LogP contribution in [0.15, 0.2) is 18.2 Å². The van der Waals surface area contributed by atoms with E-state index in [9.17, 15) is 4.79 Å². The molecule has 0 saturated carbocycles. The van der Waals surface area contributed by atoms with Gasteiger partial charge in [0.2, 0.25) is 0 Å². The lowest BCUT2D eigenvalue weighted by molar-refractivity contribution is 0.101. The predicted octanol–water partition coefficient (Wildman–Crippen LogP) is 2.75. The van der Waals surface area contributed by atoms with E-state index in [-0.39, 0.29) is 11.7 Å². The minimum atomic E-state index is -0.134. The predicted molar refractivity (Wildman–Crippen MR) is 73.8 cm³/mol. The zero-order valence-corrected chi connectivity index (χ0v) is 11.5. The van der Waals surface area contributed by atoms with Crippen LogP contribution in [0, 0.1) is 28.6 Å². The molecule has 0 radical (unpaired) electrons. The number of hydrogen-bond donors (Lipinski definition) is 0. The first kappa shape index (κ1) is 14.7. The molecule has 0 aliphatic rings. The van der Waals surface area contributed by atoms with Gasteiger partial charge >= 0.3 is 0 Å². The third kappa shape index (κ3) is 3.56. The van der Waals surface area contributed by atoms with Gasteiger partial charge in [-0.05, 0) is 39.0 Å². The Morgan fingerprint density at radius 3 is 2.58 bits per heavy atom. The molecule has 0 heterocycles. The molecular weight excluding hydrogens is 238 g/mol. The van der Waals surface area contributed by atoms with Gasteiger partial charge in [-0.15, -0.1) is 0 Å². The number of rotatable bonds is 5. The van der Waals surface area contributed by atoms with Crippen molar-refractivity contribution in [3.8, 4) is 12.1 Å². The van der Waals surface area contributed by atoms with E-state index in [1.54, 1.807) is 18.2 Å². The van der Waals surface area contributed by atoms with Crippen LogP contribution in [0.2, 0.25) is 0 Å². The van der Waals surface area contributed by atoms with Crippen LogP contribution in [0.1, 0.15) is 36.7 Å². The highest BCUT2D eigenvalue weighted by atomic mass is 16.1. The fraction of sp³-hybridized carbons (Fsp3) is 0.400. The fourth-order valence-electron chi connectivity index (χ4n) is 1.93. The number of nitrogens with zero attached hydrogens (tertiary/aromatic N) is 3. The van der Waals surface area contributed by atoms with Crippen molar-refractivity contribution in [2.75, 3.05) is 18.0 Å². The van der Waals surface area contributed by atoms with Crippen molar-refractivity contribution >= 4 is 11.5 Å². The maximum atomic E-state index is 11.7. The quantitative estimate of drug-likeness (QED) is 0.759. The largest absolute Gasteiger partial charge is 0.370 e. The van der Waals surface area contributed by atoms with Crippen molar-refractivity contribution < 1.29 is 4.79 Å². The third-order valence-corrected chi connectivity index (χ3v) is 2.94. The molecule has 0 fully saturated rings. The molecule has 0 spiro atoms. The summed E-state index contributed by atoms with van der Waals surface area (Å²) < 4.78 is 0. The van der Waals surface area contributed by atoms with Gasteiger partial charge in [-0.2, -0.15) is 10.5 Å². The van der Waals surface area contributed by atoms with Crippen molar-refractivity contribution in [2.45, 2.75) is 20.8 Å². The second kappa shape index (κ2) is 6.56. The highest BCUT2D eigenvalue weighted by Gasteiger charge is 2.16. The van der Waals surface area contributed by atoms with Crippen molar-refractivity contribution in [1.29, 1.82) is 10.5 Å². The van der Waals surface area contributed by atoms with Crippen LogP contribution >= 0.6 is 0 Å². The molecule has 0 aliphatic heterocycles. The molecule has 0 amide bonds. The van der Waals surface area contributed by atoms with Gasteiger partial charge in [-0.25, -0.2) is 0 Å². The Hall–Kier alpha value is -2.33. The van der Waals surface area contributed by atoms with E-state index in [1.165, 1.54) is 6.92 Å². The van der Waals surface area contributed by atoms with Gasteiger partial charge in [0.05, 0.1) is 23.6 Å². The summed E-state index contributed by atoms with van der Waals surface area (Å²) in [5.74, 6) is -0.173. The monoisotopic (exact) mass is 255 g/mol. The Balaban J connectivity index is 3.24. The van der Waals surface area contributed by atoms with Gasteiger partial charge in [0.25, 0.3) is 0 Å². The second-order valence-electron chi connectivity index (χ2n) is 4.47. The number of Topliss-reactive ketones (excluding diaryl/α,β-unsaturated/α-hetero) is 1. The Morgan fingerprint density at radius 2 is 2.11 bits per heavy atom. The maximum absolute atomic E-state index is 11.7. The van der Waals surface area contributed by atoms with E-state index in [1.807, 2.05) is 18.7 Å². The van der Waals surface area contributed by atoms with E-state index in [4.69, 9.17) is 10.5 Å². The molecule has 1 atom stereocenters. The smallest absolute Gasteiger partial charge is 0.161 e. The SMILES string of the molecule is CCN(CC(C)C#N)c1cc(C#N)ccc1C(C)=O. The number of nitriles is 2. The first-order valence-electron chi connectivity index (χ1n) is 6.23. The zero-order chi connectivity index (χ0) is 14.4. The second-order valence-corrected chi connectivity index (χ2v) is 4.47. The molecule has 1 unspecified atom stereocenters. The standard InChI is InChI=1S/C15H17N3O/c1-4-18(10-11(2)8-16)15-7-13(9-17)5-6-14(15)12(3)19/h5-7,11H,4,10H2,1-3H3. The molecule has 4 heteroatoms. The topological polar surface area (TPSA) is 67.9 Å².